The smallest absolute Gasteiger partial charge is 0.161 e. The van der Waals surface area contributed by atoms with Crippen LogP contribution >= 0.6 is 0 Å². The molecule has 0 aromatic carbocycles. The number of allylic oxidation sites excluding steroid dienone is 1. The fourth-order valence-electron chi connectivity index (χ4n) is 0.680. The molecule has 2 atom stereocenters. The van der Waals surface area contributed by atoms with Crippen LogP contribution in [-0.4, -0.2) is 17.0 Å². The molecule has 2 heteroatoms. The molecule has 0 aromatic heterocycles. The fraction of sp³-hybridized carbons (Fsp3) is 0.500. The maximum Gasteiger partial charge on any atom is 0.161 e. The highest BCUT2D eigenvalue weighted by Gasteiger charge is 2.22. The summed E-state index contributed by atoms with van der Waals surface area (Å²) in [4.78, 5) is 10.5. The average molecular weight is 112 g/mol. The van der Waals surface area contributed by atoms with Crippen molar-refractivity contribution in [1.29, 1.82) is 0 Å². The third kappa shape index (κ3) is 0.670. The van der Waals surface area contributed by atoms with Crippen LogP contribution in [0.1, 0.15) is 6.92 Å². The second kappa shape index (κ2) is 1.71. The number of aliphatic hydroxyl groups is 1. The Morgan fingerprint density at radius 1 is 1.75 bits per heavy atom. The number of ketones is 1. The number of hydrogen-bond acceptors (Lipinski definition) is 2. The number of hydrogen-bond donors (Lipinski definition) is 1. The molecule has 0 heterocycles. The summed E-state index contributed by atoms with van der Waals surface area (Å²) in [5.74, 6) is -0.188. The number of rotatable bonds is 0. The van der Waals surface area contributed by atoms with E-state index in [-0.39, 0.29) is 11.7 Å². The Balaban J connectivity index is 2.69. The Bertz CT molecular complexity index is 137. The molecule has 8 heavy (non-hydrogen) atoms. The lowest BCUT2D eigenvalue weighted by atomic mass is 10.1. The second-order valence-corrected chi connectivity index (χ2v) is 2.04. The predicted octanol–water partition coefficient (Wildman–Crippen LogP) is 0.122. The van der Waals surface area contributed by atoms with Gasteiger partial charge in [0, 0.05) is 5.92 Å². The van der Waals surface area contributed by atoms with Crippen LogP contribution in [0, 0.1) is 5.92 Å². The van der Waals surface area contributed by atoms with E-state index in [1.54, 1.807) is 6.92 Å². The topological polar surface area (TPSA) is 37.3 Å². The lowest BCUT2D eigenvalue weighted by Gasteiger charge is -2.02. The SMILES string of the molecule is CC1C(=O)C=CC1O. The van der Waals surface area contributed by atoms with Gasteiger partial charge in [0.25, 0.3) is 0 Å². The zero-order valence-corrected chi connectivity index (χ0v) is 4.66. The molecule has 0 bridgehead atoms. The fourth-order valence-corrected chi connectivity index (χ4v) is 0.680. The van der Waals surface area contributed by atoms with Crippen LogP contribution < -0.4 is 0 Å². The molecule has 1 rings (SSSR count). The van der Waals surface area contributed by atoms with Crippen LogP contribution in [0.2, 0.25) is 0 Å². The summed E-state index contributed by atoms with van der Waals surface area (Å²) in [5, 5.41) is 8.86. The average Bonchev–Trinajstić information content (AvgIpc) is 1.98. The van der Waals surface area contributed by atoms with Crippen molar-refractivity contribution >= 4 is 5.78 Å². The van der Waals surface area contributed by atoms with Gasteiger partial charge in [-0.1, -0.05) is 13.0 Å². The van der Waals surface area contributed by atoms with Crippen LogP contribution in [0.5, 0.6) is 0 Å². The third-order valence-corrected chi connectivity index (χ3v) is 1.42. The lowest BCUT2D eigenvalue weighted by Crippen LogP contribution is -2.15. The molecule has 2 nitrogen and oxygen atoms in total. The highest BCUT2D eigenvalue weighted by Crippen LogP contribution is 2.12. The number of aliphatic hydroxyl groups excluding tert-OH is 1. The Hall–Kier alpha value is -0.630. The summed E-state index contributed by atoms with van der Waals surface area (Å²) in [6.07, 6.45) is 2.41. The minimum atomic E-state index is -0.539. The van der Waals surface area contributed by atoms with Crippen molar-refractivity contribution in [2.24, 2.45) is 5.92 Å². The zero-order chi connectivity index (χ0) is 6.15. The first-order valence-corrected chi connectivity index (χ1v) is 2.62. The Labute approximate surface area is 47.8 Å². The zero-order valence-electron chi connectivity index (χ0n) is 4.66. The van der Waals surface area contributed by atoms with Crippen molar-refractivity contribution in [3.8, 4) is 0 Å². The molecule has 0 radical (unpaired) electrons. The summed E-state index contributed by atoms with van der Waals surface area (Å²) in [5.41, 5.74) is 0. The largest absolute Gasteiger partial charge is 0.388 e. The van der Waals surface area contributed by atoms with E-state index in [9.17, 15) is 4.79 Å². The highest BCUT2D eigenvalue weighted by atomic mass is 16.3. The van der Waals surface area contributed by atoms with Gasteiger partial charge in [0.2, 0.25) is 0 Å². The summed E-state index contributed by atoms with van der Waals surface area (Å²) < 4.78 is 0. The van der Waals surface area contributed by atoms with Crippen molar-refractivity contribution in [3.63, 3.8) is 0 Å². The number of carbonyl (C=O) groups excluding carboxylic acids is 1. The van der Waals surface area contributed by atoms with Gasteiger partial charge in [-0.05, 0) is 6.08 Å². The number of carbonyl (C=O) groups is 1. The molecular weight excluding hydrogens is 104 g/mol. The molecule has 0 spiro atoms. The highest BCUT2D eigenvalue weighted by molar-refractivity contribution is 5.94. The molecule has 0 aromatic rings. The first-order chi connectivity index (χ1) is 3.72. The van der Waals surface area contributed by atoms with Crippen molar-refractivity contribution in [2.45, 2.75) is 13.0 Å². The van der Waals surface area contributed by atoms with E-state index in [0.717, 1.165) is 0 Å². The Morgan fingerprint density at radius 2 is 2.38 bits per heavy atom. The molecule has 1 N–H and O–H groups in total. The molecule has 1 aliphatic carbocycles. The van der Waals surface area contributed by atoms with E-state index in [1.807, 2.05) is 0 Å². The van der Waals surface area contributed by atoms with E-state index in [2.05, 4.69) is 0 Å². The minimum absolute atomic E-state index is 0.0255. The molecule has 0 amide bonds. The molecule has 44 valence electrons. The van der Waals surface area contributed by atoms with Gasteiger partial charge < -0.3 is 5.11 Å². The monoisotopic (exact) mass is 112 g/mol. The van der Waals surface area contributed by atoms with Gasteiger partial charge in [-0.3, -0.25) is 4.79 Å². The van der Waals surface area contributed by atoms with Gasteiger partial charge in [0.1, 0.15) is 0 Å². The van der Waals surface area contributed by atoms with Gasteiger partial charge in [0.05, 0.1) is 6.10 Å². The van der Waals surface area contributed by atoms with Crippen molar-refractivity contribution in [1.82, 2.24) is 0 Å². The van der Waals surface area contributed by atoms with Crippen molar-refractivity contribution in [2.75, 3.05) is 0 Å². The van der Waals surface area contributed by atoms with Crippen LogP contribution in [0.4, 0.5) is 0 Å². The van der Waals surface area contributed by atoms with Crippen LogP contribution in [0.3, 0.4) is 0 Å². The molecule has 0 fully saturated rings. The van der Waals surface area contributed by atoms with Gasteiger partial charge >= 0.3 is 0 Å². The quantitative estimate of drug-likeness (QED) is 0.483. The summed E-state index contributed by atoms with van der Waals surface area (Å²) >= 11 is 0. The molecule has 0 saturated heterocycles. The molecular formula is C6H8O2. The predicted molar refractivity (Wildman–Crippen MR) is 29.3 cm³/mol. The summed E-state index contributed by atoms with van der Waals surface area (Å²) in [6, 6.07) is 0. The van der Waals surface area contributed by atoms with E-state index in [0.29, 0.717) is 0 Å². The van der Waals surface area contributed by atoms with E-state index in [1.165, 1.54) is 12.2 Å². The van der Waals surface area contributed by atoms with Crippen molar-refractivity contribution in [3.05, 3.63) is 12.2 Å². The first-order valence-electron chi connectivity index (χ1n) is 2.62. The maximum atomic E-state index is 10.5. The second-order valence-electron chi connectivity index (χ2n) is 2.04. The third-order valence-electron chi connectivity index (χ3n) is 1.42. The van der Waals surface area contributed by atoms with E-state index in [4.69, 9.17) is 5.11 Å². The van der Waals surface area contributed by atoms with Crippen LogP contribution in [0.15, 0.2) is 12.2 Å². The van der Waals surface area contributed by atoms with E-state index < -0.39 is 6.10 Å². The lowest BCUT2D eigenvalue weighted by molar-refractivity contribution is -0.118. The van der Waals surface area contributed by atoms with Gasteiger partial charge in [-0.25, -0.2) is 0 Å². The van der Waals surface area contributed by atoms with Gasteiger partial charge in [0.15, 0.2) is 5.78 Å². The maximum absolute atomic E-state index is 10.5. The Morgan fingerprint density at radius 3 is 2.50 bits per heavy atom. The van der Waals surface area contributed by atoms with Crippen molar-refractivity contribution < 1.29 is 9.90 Å². The summed E-state index contributed by atoms with van der Waals surface area (Å²) in [6.45, 7) is 1.72. The molecule has 0 saturated carbocycles. The normalized spacial score (nSPS) is 36.5. The van der Waals surface area contributed by atoms with Gasteiger partial charge in [-0.2, -0.15) is 0 Å². The Kier molecular flexibility index (Phi) is 1.18. The molecule has 2 unspecified atom stereocenters. The van der Waals surface area contributed by atoms with Gasteiger partial charge in [-0.15, -0.1) is 0 Å². The molecule has 1 aliphatic rings. The van der Waals surface area contributed by atoms with Crippen LogP contribution in [-0.2, 0) is 4.79 Å². The standard InChI is InChI=1S/C6H8O2/c1-4-5(7)2-3-6(4)8/h2-5,7H,1H3. The molecule has 0 aliphatic heterocycles. The first kappa shape index (κ1) is 5.51. The minimum Gasteiger partial charge on any atom is -0.388 e. The summed E-state index contributed by atoms with van der Waals surface area (Å²) in [7, 11) is 0. The van der Waals surface area contributed by atoms with Crippen LogP contribution in [0.25, 0.3) is 0 Å². The van der Waals surface area contributed by atoms with E-state index >= 15 is 0 Å².